The van der Waals surface area contributed by atoms with E-state index < -0.39 is 11.6 Å². The molecular weight excluding hydrogens is 332 g/mol. The predicted octanol–water partition coefficient (Wildman–Crippen LogP) is 4.80. The second-order valence-corrected chi connectivity index (χ2v) is 6.86. The largest absolute Gasteiger partial charge is 0.306 e. The van der Waals surface area contributed by atoms with E-state index in [-0.39, 0.29) is 6.04 Å². The molecule has 0 aliphatic rings. The summed E-state index contributed by atoms with van der Waals surface area (Å²) in [6.45, 7) is 4.76. The van der Waals surface area contributed by atoms with Gasteiger partial charge in [-0.15, -0.1) is 11.3 Å². The molecule has 0 radical (unpaired) electrons. The molecule has 0 spiro atoms. The van der Waals surface area contributed by atoms with Gasteiger partial charge in [0.25, 0.3) is 0 Å². The van der Waals surface area contributed by atoms with Gasteiger partial charge in [-0.1, -0.05) is 13.0 Å². The fourth-order valence-electron chi connectivity index (χ4n) is 2.05. The molecule has 1 aromatic heterocycles. The van der Waals surface area contributed by atoms with Crippen molar-refractivity contribution in [1.82, 2.24) is 5.32 Å². The van der Waals surface area contributed by atoms with Crippen LogP contribution in [0.3, 0.4) is 0 Å². The molecule has 1 nitrogen and oxygen atoms in total. The molecule has 1 N–H and O–H groups in total. The number of hydrogen-bond acceptors (Lipinski definition) is 2. The van der Waals surface area contributed by atoms with Gasteiger partial charge in [0.05, 0.1) is 9.83 Å². The van der Waals surface area contributed by atoms with Crippen molar-refractivity contribution in [2.75, 3.05) is 6.54 Å². The molecule has 19 heavy (non-hydrogen) atoms. The number of benzene rings is 1. The van der Waals surface area contributed by atoms with E-state index in [1.165, 1.54) is 12.1 Å². The average molecular weight is 346 g/mol. The Kier molecular flexibility index (Phi) is 4.71. The van der Waals surface area contributed by atoms with Gasteiger partial charge in [-0.3, -0.25) is 0 Å². The maximum Gasteiger partial charge on any atom is 0.159 e. The predicted molar refractivity (Wildman–Crippen MR) is 78.6 cm³/mol. The standard InChI is InChI=1S/C14H14BrF2NS/c1-3-18-14(10-7-13(15)19-8(10)2)9-4-5-11(16)12(17)6-9/h4-7,14,18H,3H2,1-2H3. The summed E-state index contributed by atoms with van der Waals surface area (Å²) in [6, 6.07) is 5.95. The lowest BCUT2D eigenvalue weighted by atomic mass is 9.99. The third-order valence-corrected chi connectivity index (χ3v) is 4.49. The first kappa shape index (κ1) is 14.6. The van der Waals surface area contributed by atoms with Crippen LogP contribution in [-0.2, 0) is 0 Å². The molecule has 0 aliphatic carbocycles. The average Bonchev–Trinajstić information content (AvgIpc) is 2.69. The van der Waals surface area contributed by atoms with Gasteiger partial charge in [0.15, 0.2) is 11.6 Å². The highest BCUT2D eigenvalue weighted by Crippen LogP contribution is 2.34. The number of aryl methyl sites for hydroxylation is 1. The van der Waals surface area contributed by atoms with Crippen LogP contribution in [0.4, 0.5) is 8.78 Å². The highest BCUT2D eigenvalue weighted by Gasteiger charge is 2.18. The molecule has 1 heterocycles. The third kappa shape index (κ3) is 3.22. The van der Waals surface area contributed by atoms with Crippen molar-refractivity contribution in [3.8, 4) is 0 Å². The van der Waals surface area contributed by atoms with Gasteiger partial charge in [-0.25, -0.2) is 8.78 Å². The van der Waals surface area contributed by atoms with Gasteiger partial charge in [-0.2, -0.15) is 0 Å². The second kappa shape index (κ2) is 6.11. The molecule has 0 bridgehead atoms. The molecule has 0 aliphatic heterocycles. The summed E-state index contributed by atoms with van der Waals surface area (Å²) in [7, 11) is 0. The number of hydrogen-bond donors (Lipinski definition) is 1. The Balaban J connectivity index is 2.44. The smallest absolute Gasteiger partial charge is 0.159 e. The summed E-state index contributed by atoms with van der Waals surface area (Å²) in [5, 5.41) is 3.31. The number of halogens is 3. The maximum absolute atomic E-state index is 13.4. The van der Waals surface area contributed by atoms with E-state index in [1.54, 1.807) is 17.4 Å². The Hall–Kier alpha value is -0.780. The maximum atomic E-state index is 13.4. The van der Waals surface area contributed by atoms with Gasteiger partial charge < -0.3 is 5.32 Å². The van der Waals surface area contributed by atoms with Crippen molar-refractivity contribution in [1.29, 1.82) is 0 Å². The number of rotatable bonds is 4. The number of nitrogens with one attached hydrogen (secondary N) is 1. The Bertz CT molecular complexity index is 583. The Morgan fingerprint density at radius 1 is 1.26 bits per heavy atom. The molecule has 102 valence electrons. The first-order valence-corrected chi connectivity index (χ1v) is 7.58. The lowest BCUT2D eigenvalue weighted by Gasteiger charge is -2.18. The van der Waals surface area contributed by atoms with E-state index in [1.807, 2.05) is 19.9 Å². The van der Waals surface area contributed by atoms with Gasteiger partial charge in [-0.05, 0) is 58.7 Å². The molecule has 5 heteroatoms. The Morgan fingerprint density at radius 2 is 2.00 bits per heavy atom. The highest BCUT2D eigenvalue weighted by molar-refractivity contribution is 9.11. The summed E-state index contributed by atoms with van der Waals surface area (Å²) in [5.41, 5.74) is 1.82. The van der Waals surface area contributed by atoms with E-state index in [0.29, 0.717) is 0 Å². The van der Waals surface area contributed by atoms with Crippen LogP contribution >= 0.6 is 27.3 Å². The van der Waals surface area contributed by atoms with Crippen molar-refractivity contribution < 1.29 is 8.78 Å². The molecule has 0 saturated carbocycles. The van der Waals surface area contributed by atoms with Crippen molar-refractivity contribution in [3.05, 3.63) is 55.7 Å². The van der Waals surface area contributed by atoms with Crippen LogP contribution in [0, 0.1) is 18.6 Å². The van der Waals surface area contributed by atoms with E-state index in [4.69, 9.17) is 0 Å². The van der Waals surface area contributed by atoms with E-state index >= 15 is 0 Å². The fraction of sp³-hybridized carbons (Fsp3) is 0.286. The topological polar surface area (TPSA) is 12.0 Å². The van der Waals surface area contributed by atoms with Gasteiger partial charge in [0.2, 0.25) is 0 Å². The third-order valence-electron chi connectivity index (χ3n) is 2.92. The summed E-state index contributed by atoms with van der Waals surface area (Å²) < 4.78 is 27.5. The summed E-state index contributed by atoms with van der Waals surface area (Å²) >= 11 is 5.09. The lowest BCUT2D eigenvalue weighted by Crippen LogP contribution is -2.22. The first-order chi connectivity index (χ1) is 9.02. The van der Waals surface area contributed by atoms with E-state index in [0.717, 1.165) is 26.3 Å². The quantitative estimate of drug-likeness (QED) is 0.839. The Morgan fingerprint density at radius 3 is 2.53 bits per heavy atom. The first-order valence-electron chi connectivity index (χ1n) is 5.97. The van der Waals surface area contributed by atoms with Crippen molar-refractivity contribution >= 4 is 27.3 Å². The molecule has 0 amide bonds. The number of thiophene rings is 1. The van der Waals surface area contributed by atoms with E-state index in [9.17, 15) is 8.78 Å². The van der Waals surface area contributed by atoms with Crippen LogP contribution < -0.4 is 5.32 Å². The molecule has 1 unspecified atom stereocenters. The van der Waals surface area contributed by atoms with E-state index in [2.05, 4.69) is 21.2 Å². The normalized spacial score (nSPS) is 12.7. The molecule has 0 saturated heterocycles. The van der Waals surface area contributed by atoms with Crippen LogP contribution in [-0.4, -0.2) is 6.54 Å². The Labute approximate surface area is 123 Å². The monoisotopic (exact) mass is 345 g/mol. The molecule has 2 rings (SSSR count). The lowest BCUT2D eigenvalue weighted by molar-refractivity contribution is 0.504. The van der Waals surface area contributed by atoms with Crippen molar-refractivity contribution in [2.24, 2.45) is 0 Å². The summed E-state index contributed by atoms with van der Waals surface area (Å²) in [4.78, 5) is 1.16. The second-order valence-electron chi connectivity index (χ2n) is 4.23. The minimum absolute atomic E-state index is 0.123. The molecule has 1 atom stereocenters. The van der Waals surface area contributed by atoms with Crippen molar-refractivity contribution in [2.45, 2.75) is 19.9 Å². The minimum atomic E-state index is -0.817. The summed E-state index contributed by atoms with van der Waals surface area (Å²) in [6.07, 6.45) is 0. The van der Waals surface area contributed by atoms with Gasteiger partial charge in [0.1, 0.15) is 0 Å². The van der Waals surface area contributed by atoms with Crippen LogP contribution in [0.1, 0.15) is 29.0 Å². The van der Waals surface area contributed by atoms with Crippen LogP contribution in [0.5, 0.6) is 0 Å². The van der Waals surface area contributed by atoms with Gasteiger partial charge >= 0.3 is 0 Å². The molecular formula is C14H14BrF2NS. The molecule has 2 aromatic rings. The van der Waals surface area contributed by atoms with Gasteiger partial charge in [0, 0.05) is 4.88 Å². The van der Waals surface area contributed by atoms with Crippen molar-refractivity contribution in [3.63, 3.8) is 0 Å². The summed E-state index contributed by atoms with van der Waals surface area (Å²) in [5.74, 6) is -1.63. The molecule has 1 aromatic carbocycles. The fourth-order valence-corrected chi connectivity index (χ4v) is 3.80. The zero-order valence-electron chi connectivity index (χ0n) is 10.6. The van der Waals surface area contributed by atoms with Crippen LogP contribution in [0.15, 0.2) is 28.1 Å². The zero-order valence-corrected chi connectivity index (χ0v) is 13.0. The molecule has 0 fully saturated rings. The minimum Gasteiger partial charge on any atom is -0.306 e. The SMILES string of the molecule is CCNC(c1ccc(F)c(F)c1)c1cc(Br)sc1C. The zero-order chi connectivity index (χ0) is 14.0. The van der Waals surface area contributed by atoms with Crippen LogP contribution in [0.2, 0.25) is 0 Å². The van der Waals surface area contributed by atoms with Crippen LogP contribution in [0.25, 0.3) is 0 Å². The highest BCUT2D eigenvalue weighted by atomic mass is 79.9.